The van der Waals surface area contributed by atoms with Gasteiger partial charge >= 0.3 is 43.4 Å². The van der Waals surface area contributed by atoms with Gasteiger partial charge in [0.15, 0.2) is 17.2 Å². The van der Waals surface area contributed by atoms with Gasteiger partial charge in [-0.3, -0.25) is 14.4 Å². The highest BCUT2D eigenvalue weighted by molar-refractivity contribution is 8.00. The smallest absolute Gasteiger partial charge is 0.508 e. The van der Waals surface area contributed by atoms with Crippen LogP contribution in [0.1, 0.15) is 183 Å². The molecule has 0 saturated heterocycles. The SMILES string of the molecule is CCCCCc1ccc(Oc2c(C(=O)c3c(C)cc(F)cc3C)sc3cc(O)ccc23)cc1.CCN(CCc1ccc(Oc2c(C(=O)c3c(C)cc(F)cc3C)sc3cc(C)ccc23)cc1)C(=O)OC(C)(C)C.CCN(CCc1ccc(Oc2c(C(=O)c3c(C)cc(F)cc3C)sc3cc(O)ccc23)cc1)C(=O)OC(C)(C)C.O=S(=O)(OS(=O)(=O)C(F)(F)F)C(F)(F)F. The largest absolute Gasteiger partial charge is 0.524 e. The predicted molar refractivity (Wildman–Crippen MR) is 480 cm³/mol. The quantitative estimate of drug-likeness (QED) is 0.0221. The molecule has 0 fully saturated rings. The third-order valence-corrected chi connectivity index (χ3v) is 25.5. The maximum absolute atomic E-state index is 14.0. The molecule has 12 aromatic rings. The number of carbonyl (C=O) groups excluding carboxylic acids is 5. The van der Waals surface area contributed by atoms with E-state index in [1.165, 1.54) is 88.8 Å². The molecule has 0 radical (unpaired) electrons. The summed E-state index contributed by atoms with van der Waals surface area (Å²) >= 11 is 3.89. The van der Waals surface area contributed by atoms with Crippen LogP contribution in [0.15, 0.2) is 164 Å². The Morgan fingerprint density at radius 1 is 0.383 bits per heavy atom. The average Bonchev–Trinajstić information content (AvgIpc) is 1.58. The Bertz CT molecular complexity index is 5970. The van der Waals surface area contributed by atoms with E-state index in [4.69, 9.17) is 23.7 Å². The zero-order valence-electron chi connectivity index (χ0n) is 73.0. The van der Waals surface area contributed by atoms with Crippen molar-refractivity contribution in [3.8, 4) is 46.0 Å². The van der Waals surface area contributed by atoms with Crippen molar-refractivity contribution >= 4 is 114 Å². The van der Waals surface area contributed by atoms with Crippen molar-refractivity contribution in [1.29, 1.82) is 0 Å². The Morgan fingerprint density at radius 3 is 0.938 bits per heavy atom. The molecule has 0 aliphatic carbocycles. The molecule has 19 nitrogen and oxygen atoms in total. The van der Waals surface area contributed by atoms with Crippen LogP contribution in [0.25, 0.3) is 30.3 Å². The summed E-state index contributed by atoms with van der Waals surface area (Å²) in [7, 11) is -13.7. The van der Waals surface area contributed by atoms with Gasteiger partial charge in [0.2, 0.25) is 17.3 Å². The molecule has 12 rings (SSSR count). The van der Waals surface area contributed by atoms with Crippen molar-refractivity contribution in [1.82, 2.24) is 9.80 Å². The number of hydrogen-bond donors (Lipinski definition) is 2. The van der Waals surface area contributed by atoms with Crippen LogP contribution in [0.4, 0.5) is 49.1 Å². The summed E-state index contributed by atoms with van der Waals surface area (Å²) in [5.41, 5.74) is -4.34. The number of rotatable bonds is 26. The maximum atomic E-state index is 14.0. The number of ether oxygens (including phenoxy) is 5. The number of aryl methyl sites for hydroxylation is 8. The van der Waals surface area contributed by atoms with E-state index in [-0.39, 0.29) is 52.7 Å². The molecule has 128 heavy (non-hydrogen) atoms. The summed E-state index contributed by atoms with van der Waals surface area (Å²) < 4.78 is 184. The van der Waals surface area contributed by atoms with Crippen molar-refractivity contribution in [2.24, 2.45) is 0 Å². The molecule has 2 amide bonds. The van der Waals surface area contributed by atoms with Gasteiger partial charge < -0.3 is 43.7 Å². The molecule has 0 spiro atoms. The van der Waals surface area contributed by atoms with Crippen molar-refractivity contribution in [2.45, 2.75) is 172 Å². The fraction of sp³-hybridized carbons (Fsp3) is 0.316. The molecule has 0 atom stereocenters. The van der Waals surface area contributed by atoms with Gasteiger partial charge in [-0.1, -0.05) is 62.2 Å². The van der Waals surface area contributed by atoms with E-state index < -0.39 is 48.3 Å². The topological polar surface area (TPSA) is 256 Å². The fourth-order valence-electron chi connectivity index (χ4n) is 13.4. The van der Waals surface area contributed by atoms with Crippen molar-refractivity contribution in [2.75, 3.05) is 26.2 Å². The molecular formula is C95H97F9N2O17S5. The van der Waals surface area contributed by atoms with Crippen LogP contribution in [0.5, 0.6) is 46.0 Å². The third kappa shape index (κ3) is 26.0. The van der Waals surface area contributed by atoms with Crippen LogP contribution < -0.4 is 14.2 Å². The number of amides is 2. The lowest BCUT2D eigenvalue weighted by Gasteiger charge is -2.26. The zero-order valence-corrected chi connectivity index (χ0v) is 77.1. The number of aromatic hydroxyl groups is 2. The Morgan fingerprint density at radius 2 is 0.664 bits per heavy atom. The third-order valence-electron chi connectivity index (χ3n) is 19.5. The first kappa shape index (κ1) is 100. The number of unbranched alkanes of at least 4 members (excludes halogenated alkanes) is 2. The number of thiophene rings is 3. The summed E-state index contributed by atoms with van der Waals surface area (Å²) in [6.45, 7) is 31.7. The predicted octanol–water partition coefficient (Wildman–Crippen LogP) is 25.8. The highest BCUT2D eigenvalue weighted by Crippen LogP contribution is 2.47. The number of fused-ring (bicyclic) bond motifs is 3. The zero-order chi connectivity index (χ0) is 94.6. The number of phenols is 2. The van der Waals surface area contributed by atoms with Crippen molar-refractivity contribution in [3.05, 3.63) is 268 Å². The van der Waals surface area contributed by atoms with Crippen LogP contribution in [0, 0.1) is 65.9 Å². The van der Waals surface area contributed by atoms with Gasteiger partial charge in [0.25, 0.3) is 0 Å². The summed E-state index contributed by atoms with van der Waals surface area (Å²) in [5, 5.41) is 22.3. The molecule has 33 heteroatoms. The summed E-state index contributed by atoms with van der Waals surface area (Å²) in [5.74, 6) is 1.59. The number of carbonyl (C=O) groups is 5. The lowest BCUT2D eigenvalue weighted by Crippen LogP contribution is -2.37. The van der Waals surface area contributed by atoms with Gasteiger partial charge in [-0.2, -0.15) is 43.2 Å². The van der Waals surface area contributed by atoms with E-state index in [2.05, 4.69) is 19.1 Å². The minimum atomic E-state index is -6.85. The molecule has 0 unspecified atom stereocenters. The van der Waals surface area contributed by atoms with Crippen LogP contribution in [-0.2, 0) is 52.6 Å². The molecule has 0 saturated carbocycles. The number of phenolic OH excluding ortho intramolecular Hbond substituents is 2. The Balaban J connectivity index is 0.000000201. The number of likely N-dealkylation sites (N-methyl/N-ethyl adjacent to an activating group) is 2. The second kappa shape index (κ2) is 41.8. The monoisotopic (exact) mass is 1870 g/mol. The van der Waals surface area contributed by atoms with E-state index in [9.17, 15) is 90.5 Å². The lowest BCUT2D eigenvalue weighted by molar-refractivity contribution is -0.0586. The van der Waals surface area contributed by atoms with Crippen molar-refractivity contribution < 1.29 is 118 Å². The van der Waals surface area contributed by atoms with E-state index in [1.807, 2.05) is 145 Å². The number of benzene rings is 9. The van der Waals surface area contributed by atoms with E-state index in [1.54, 1.807) is 87.7 Å². The van der Waals surface area contributed by atoms with Gasteiger partial charge in [-0.25, -0.2) is 22.8 Å². The first-order valence-corrected chi connectivity index (χ1v) is 45.6. The van der Waals surface area contributed by atoms with E-state index in [0.29, 0.717) is 148 Å². The molecular weight excluding hydrogens is 1770 g/mol. The minimum absolute atomic E-state index is 0.0882. The first-order chi connectivity index (χ1) is 59.8. The number of nitrogens with zero attached hydrogens (tertiary/aromatic N) is 2. The highest BCUT2D eigenvalue weighted by Gasteiger charge is 2.57. The van der Waals surface area contributed by atoms with Crippen LogP contribution in [-0.4, -0.2) is 115 Å². The molecule has 3 heterocycles. The Hall–Kier alpha value is -11.4. The van der Waals surface area contributed by atoms with Gasteiger partial charge in [-0.15, -0.1) is 37.6 Å². The maximum Gasteiger partial charge on any atom is 0.524 e. The van der Waals surface area contributed by atoms with Gasteiger partial charge in [0.1, 0.15) is 72.0 Å². The molecule has 0 aliphatic rings. The molecule has 9 aromatic carbocycles. The van der Waals surface area contributed by atoms with Crippen LogP contribution >= 0.6 is 34.0 Å². The second-order valence-corrected chi connectivity index (χ2v) is 38.5. The number of ketones is 3. The fourth-order valence-corrected chi connectivity index (χ4v) is 18.4. The molecule has 0 bridgehead atoms. The van der Waals surface area contributed by atoms with Gasteiger partial charge in [0.05, 0.1) is 0 Å². The molecule has 0 aliphatic heterocycles. The normalized spacial score (nSPS) is 11.9. The number of alkyl halides is 6. The van der Waals surface area contributed by atoms with Crippen LogP contribution in [0.2, 0.25) is 0 Å². The molecule has 682 valence electrons. The number of halogens is 9. The molecule has 3 aromatic heterocycles. The Labute approximate surface area is 748 Å². The average molecular weight is 1870 g/mol. The summed E-state index contributed by atoms with van der Waals surface area (Å²) in [6.07, 6.45) is 5.23. The van der Waals surface area contributed by atoms with E-state index in [0.717, 1.165) is 49.7 Å². The highest BCUT2D eigenvalue weighted by atomic mass is 32.3. The minimum Gasteiger partial charge on any atom is -0.508 e. The van der Waals surface area contributed by atoms with Gasteiger partial charge in [-0.05, 0) is 307 Å². The Kier molecular flexibility index (Phi) is 32.8. The lowest BCUT2D eigenvalue weighted by atomic mass is 9.97. The summed E-state index contributed by atoms with van der Waals surface area (Å²) in [4.78, 5) is 70.7. The summed E-state index contributed by atoms with van der Waals surface area (Å²) in [6, 6.07) is 47.2. The van der Waals surface area contributed by atoms with E-state index >= 15 is 0 Å². The van der Waals surface area contributed by atoms with Crippen LogP contribution in [0.3, 0.4) is 0 Å². The molecule has 2 N–H and O–H groups in total. The van der Waals surface area contributed by atoms with Gasteiger partial charge in [0, 0.05) is 73.1 Å². The van der Waals surface area contributed by atoms with Crippen molar-refractivity contribution in [3.63, 3.8) is 0 Å². The second-order valence-electron chi connectivity index (χ2n) is 32.1. The standard InChI is InChI=1S/C33H36FNO4S.C32H34FNO5S.C28H27FO3S.C2F6O5S2/c1-8-35(32(37)39-33(5,6)7)16-15-23-10-12-25(13-11-23)38-30-26-14-9-20(2)17-27(26)40-31(30)29(36)28-21(3)18-24(34)19-22(28)4;1-7-34(31(37)39-32(4,5)6)15-14-21-8-11-24(12-9-21)38-29-25-13-10-23(35)18-26(25)40-30(29)28(36)27-19(2)16-22(33)17-20(27)3;1-4-5-6-7-19-8-11-22(12-9-19)32-27-23-13-10-21(30)16-24(23)33-28(27)26(31)25-17(2)14-20(29)15-18(25)3;3-1(4,5)14(9,10)13-15(11,12)2(6,7)8/h9-14,17-19H,8,15-16H2,1-7H3;8-13,16-18,35H,7,14-15H2,1-6H3;8-16,30H,4-7H2,1-3H3;. The number of hydrogen-bond acceptors (Lipinski definition) is 20. The first-order valence-electron chi connectivity index (χ1n) is 40.4.